The molecule has 0 aliphatic rings. The van der Waals surface area contributed by atoms with Crippen LogP contribution < -0.4 is 0 Å². The van der Waals surface area contributed by atoms with Crippen LogP contribution in [0.15, 0.2) is 24.3 Å². The number of hydrogen-bond acceptors (Lipinski definition) is 2. The largest absolute Gasteiger partial charge is 0.251 e. The monoisotopic (exact) mass is 196 g/mol. The molecule has 2 heteroatoms. The molecule has 0 fully saturated rings. The van der Waals surface area contributed by atoms with Crippen molar-refractivity contribution in [3.8, 4) is 6.07 Å². The highest BCUT2D eigenvalue weighted by atomic mass is 14.7. The van der Waals surface area contributed by atoms with Gasteiger partial charge in [0.05, 0.1) is 23.7 Å². The lowest BCUT2D eigenvalue weighted by molar-refractivity contribution is 1.14. The minimum absolute atomic E-state index is 0.378. The Morgan fingerprint density at radius 1 is 1.20 bits per heavy atom. The Morgan fingerprint density at radius 2 is 1.93 bits per heavy atom. The first kappa shape index (κ1) is 9.67. The molecule has 0 spiro atoms. The normalized spacial score (nSPS) is 10.2. The molecule has 74 valence electrons. The summed E-state index contributed by atoms with van der Waals surface area (Å²) in [5.74, 6) is 0. The molecule has 0 saturated heterocycles. The van der Waals surface area contributed by atoms with Crippen molar-refractivity contribution in [3.63, 3.8) is 0 Å². The molecule has 0 atom stereocenters. The van der Waals surface area contributed by atoms with E-state index in [1.807, 2.05) is 12.1 Å². The first-order chi connectivity index (χ1) is 7.22. The van der Waals surface area contributed by atoms with E-state index >= 15 is 0 Å². The van der Waals surface area contributed by atoms with Gasteiger partial charge < -0.3 is 0 Å². The minimum Gasteiger partial charge on any atom is -0.251 e. The molecule has 2 nitrogen and oxygen atoms in total. The van der Waals surface area contributed by atoms with E-state index in [4.69, 9.17) is 5.26 Å². The van der Waals surface area contributed by atoms with Crippen LogP contribution >= 0.6 is 0 Å². The zero-order valence-electron chi connectivity index (χ0n) is 8.91. The second-order valence-electron chi connectivity index (χ2n) is 3.72. The Bertz CT molecular complexity index is 550. The van der Waals surface area contributed by atoms with Gasteiger partial charge in [-0.25, -0.2) is 0 Å². The first-order valence-electron chi connectivity index (χ1n) is 4.95. The van der Waals surface area contributed by atoms with Gasteiger partial charge in [0, 0.05) is 5.39 Å². The van der Waals surface area contributed by atoms with Gasteiger partial charge in [0.1, 0.15) is 0 Å². The summed E-state index contributed by atoms with van der Waals surface area (Å²) in [6.45, 7) is 4.15. The Labute approximate surface area is 89.2 Å². The second kappa shape index (κ2) is 3.70. The fraction of sp³-hybridized carbons (Fsp3) is 0.231. The predicted octanol–water partition coefficient (Wildman–Crippen LogP) is 2.92. The highest BCUT2D eigenvalue weighted by Gasteiger charge is 2.02. The molecule has 0 saturated carbocycles. The Morgan fingerprint density at radius 3 is 2.67 bits per heavy atom. The molecule has 2 aromatic rings. The highest BCUT2D eigenvalue weighted by Crippen LogP contribution is 2.19. The summed E-state index contributed by atoms with van der Waals surface area (Å²) >= 11 is 0. The van der Waals surface area contributed by atoms with Gasteiger partial charge in [-0.15, -0.1) is 0 Å². The standard InChI is InChI=1S/C13H12N2/c1-9-3-4-11-5-6-12(7-8-14)15-13(11)10(9)2/h3-6H,7H2,1-2H3. The SMILES string of the molecule is Cc1ccc2ccc(CC#N)nc2c1C. The molecule has 1 aromatic heterocycles. The van der Waals surface area contributed by atoms with E-state index in [2.05, 4.69) is 37.0 Å². The molecule has 0 unspecified atom stereocenters. The van der Waals surface area contributed by atoms with Gasteiger partial charge >= 0.3 is 0 Å². The molecule has 1 aromatic carbocycles. The van der Waals surface area contributed by atoms with E-state index in [1.54, 1.807) is 0 Å². The summed E-state index contributed by atoms with van der Waals surface area (Å²) in [4.78, 5) is 4.50. The Balaban J connectivity index is 2.69. The number of aromatic nitrogens is 1. The lowest BCUT2D eigenvalue weighted by Crippen LogP contribution is -1.92. The van der Waals surface area contributed by atoms with Crippen LogP contribution in [0.5, 0.6) is 0 Å². The Kier molecular flexibility index (Phi) is 2.39. The van der Waals surface area contributed by atoms with E-state index in [-0.39, 0.29) is 0 Å². The maximum Gasteiger partial charge on any atom is 0.0774 e. The number of nitrogens with zero attached hydrogens (tertiary/aromatic N) is 2. The zero-order valence-corrected chi connectivity index (χ0v) is 8.91. The van der Waals surface area contributed by atoms with Gasteiger partial charge in [-0.05, 0) is 31.0 Å². The molecule has 0 radical (unpaired) electrons. The number of hydrogen-bond donors (Lipinski definition) is 0. The second-order valence-corrected chi connectivity index (χ2v) is 3.72. The van der Waals surface area contributed by atoms with Crippen LogP contribution in [0.4, 0.5) is 0 Å². The third-order valence-corrected chi connectivity index (χ3v) is 2.70. The topological polar surface area (TPSA) is 36.7 Å². The van der Waals surface area contributed by atoms with Gasteiger partial charge in [0.25, 0.3) is 0 Å². The average molecular weight is 196 g/mol. The van der Waals surface area contributed by atoms with Crippen molar-refractivity contribution in [2.75, 3.05) is 0 Å². The van der Waals surface area contributed by atoms with Crippen LogP contribution in [-0.2, 0) is 6.42 Å². The molecular formula is C13H12N2. The predicted molar refractivity (Wildman–Crippen MR) is 60.5 cm³/mol. The average Bonchev–Trinajstić information content (AvgIpc) is 2.25. The molecule has 1 heterocycles. The van der Waals surface area contributed by atoms with E-state index in [9.17, 15) is 0 Å². The molecule has 0 amide bonds. The number of benzene rings is 1. The van der Waals surface area contributed by atoms with Crippen LogP contribution in [0.2, 0.25) is 0 Å². The fourth-order valence-corrected chi connectivity index (χ4v) is 1.65. The number of nitriles is 1. The quantitative estimate of drug-likeness (QED) is 0.703. The van der Waals surface area contributed by atoms with Crippen molar-refractivity contribution in [1.29, 1.82) is 5.26 Å². The van der Waals surface area contributed by atoms with Gasteiger partial charge in [-0.2, -0.15) is 5.26 Å². The molecule has 0 aliphatic carbocycles. The zero-order chi connectivity index (χ0) is 10.8. The highest BCUT2D eigenvalue weighted by molar-refractivity contribution is 5.82. The summed E-state index contributed by atoms with van der Waals surface area (Å²) in [5.41, 5.74) is 4.30. The van der Waals surface area contributed by atoms with Gasteiger partial charge in [-0.1, -0.05) is 18.2 Å². The van der Waals surface area contributed by atoms with E-state index in [0.29, 0.717) is 6.42 Å². The van der Waals surface area contributed by atoms with Crippen LogP contribution in [0.25, 0.3) is 10.9 Å². The minimum atomic E-state index is 0.378. The molecular weight excluding hydrogens is 184 g/mol. The van der Waals surface area contributed by atoms with Crippen molar-refractivity contribution in [2.24, 2.45) is 0 Å². The summed E-state index contributed by atoms with van der Waals surface area (Å²) < 4.78 is 0. The van der Waals surface area contributed by atoms with E-state index < -0.39 is 0 Å². The Hall–Kier alpha value is -1.88. The van der Waals surface area contributed by atoms with Crippen LogP contribution in [0.1, 0.15) is 16.8 Å². The molecule has 0 bridgehead atoms. The van der Waals surface area contributed by atoms with Crippen molar-refractivity contribution < 1.29 is 0 Å². The van der Waals surface area contributed by atoms with Gasteiger partial charge in [0.15, 0.2) is 0 Å². The maximum atomic E-state index is 8.63. The number of aryl methyl sites for hydroxylation is 2. The van der Waals surface area contributed by atoms with Crippen molar-refractivity contribution in [2.45, 2.75) is 20.3 Å². The number of pyridine rings is 1. The third-order valence-electron chi connectivity index (χ3n) is 2.70. The van der Waals surface area contributed by atoms with Crippen LogP contribution in [0.3, 0.4) is 0 Å². The number of fused-ring (bicyclic) bond motifs is 1. The lowest BCUT2D eigenvalue weighted by Gasteiger charge is -2.05. The van der Waals surface area contributed by atoms with E-state index in [0.717, 1.165) is 16.6 Å². The number of rotatable bonds is 1. The van der Waals surface area contributed by atoms with Crippen LogP contribution in [-0.4, -0.2) is 4.98 Å². The van der Waals surface area contributed by atoms with Crippen molar-refractivity contribution >= 4 is 10.9 Å². The van der Waals surface area contributed by atoms with Crippen LogP contribution in [0, 0.1) is 25.2 Å². The third kappa shape index (κ3) is 1.69. The summed E-state index contributed by atoms with van der Waals surface area (Å²) in [7, 11) is 0. The molecule has 2 rings (SSSR count). The van der Waals surface area contributed by atoms with Gasteiger partial charge in [0.2, 0.25) is 0 Å². The molecule has 0 N–H and O–H groups in total. The molecule has 15 heavy (non-hydrogen) atoms. The lowest BCUT2D eigenvalue weighted by atomic mass is 10.0. The summed E-state index contributed by atoms with van der Waals surface area (Å²) in [6.07, 6.45) is 0.378. The van der Waals surface area contributed by atoms with Crippen molar-refractivity contribution in [1.82, 2.24) is 4.98 Å². The van der Waals surface area contributed by atoms with Crippen molar-refractivity contribution in [3.05, 3.63) is 41.1 Å². The smallest absolute Gasteiger partial charge is 0.0774 e. The molecule has 0 aliphatic heterocycles. The maximum absolute atomic E-state index is 8.63. The summed E-state index contributed by atoms with van der Waals surface area (Å²) in [6, 6.07) is 10.2. The first-order valence-corrected chi connectivity index (χ1v) is 4.95. The summed E-state index contributed by atoms with van der Waals surface area (Å²) in [5, 5.41) is 9.76. The fourth-order valence-electron chi connectivity index (χ4n) is 1.65. The van der Waals surface area contributed by atoms with E-state index in [1.165, 1.54) is 11.1 Å². The van der Waals surface area contributed by atoms with Gasteiger partial charge in [-0.3, -0.25) is 4.98 Å².